The molecule has 1 heterocycles. The molecule has 10 heteroatoms. The van der Waals surface area contributed by atoms with Crippen molar-refractivity contribution in [1.82, 2.24) is 9.62 Å². The molecule has 154 valence electrons. The quantitative estimate of drug-likeness (QED) is 0.547. The molecule has 2 aromatic carbocycles. The number of nitrogens with zero attached hydrogens (tertiary/aromatic N) is 1. The Labute approximate surface area is 177 Å². The number of halogens is 1. The minimum absolute atomic E-state index is 0.00949. The number of aromatic hydroxyl groups is 1. The van der Waals surface area contributed by atoms with E-state index < -0.39 is 21.8 Å². The lowest BCUT2D eigenvalue weighted by Crippen LogP contribution is -2.33. The number of sulfonamides is 1. The summed E-state index contributed by atoms with van der Waals surface area (Å²) in [7, 11) is -3.68. The molecule has 0 spiro atoms. The summed E-state index contributed by atoms with van der Waals surface area (Å²) in [5.74, 6) is -1.31. The van der Waals surface area contributed by atoms with Crippen LogP contribution in [0.2, 0.25) is 0 Å². The monoisotopic (exact) mass is 481 g/mol. The molecule has 0 aliphatic carbocycles. The molecule has 2 amide bonds. The summed E-state index contributed by atoms with van der Waals surface area (Å²) in [5, 5.41) is 14.9. The molecule has 0 atom stereocenters. The number of phenols is 1. The van der Waals surface area contributed by atoms with Crippen molar-refractivity contribution >= 4 is 43.5 Å². The number of phenolic OH excluding ortho intramolecular Hbond substituents is 1. The van der Waals surface area contributed by atoms with Gasteiger partial charge in [-0.05, 0) is 59.1 Å². The van der Waals surface area contributed by atoms with Gasteiger partial charge in [0.25, 0.3) is 5.91 Å². The van der Waals surface area contributed by atoms with E-state index in [1.807, 2.05) is 0 Å². The van der Waals surface area contributed by atoms with Crippen LogP contribution in [0.3, 0.4) is 0 Å². The van der Waals surface area contributed by atoms with Gasteiger partial charge in [0.05, 0.1) is 22.7 Å². The molecular weight excluding hydrogens is 462 g/mol. The van der Waals surface area contributed by atoms with Crippen molar-refractivity contribution in [2.24, 2.45) is 0 Å². The Bertz CT molecular complexity index is 1040. The van der Waals surface area contributed by atoms with Crippen LogP contribution in [-0.4, -0.2) is 49.3 Å². The molecule has 2 aromatic rings. The van der Waals surface area contributed by atoms with Gasteiger partial charge in [-0.25, -0.2) is 8.42 Å². The van der Waals surface area contributed by atoms with Crippen LogP contribution in [0.15, 0.2) is 51.8 Å². The fourth-order valence-corrected chi connectivity index (χ4v) is 4.96. The highest BCUT2D eigenvalue weighted by atomic mass is 79.9. The molecule has 8 nitrogen and oxygen atoms in total. The summed E-state index contributed by atoms with van der Waals surface area (Å²) >= 11 is 3.27. The minimum Gasteiger partial charge on any atom is -0.506 e. The Kier molecular flexibility index (Phi) is 6.56. The van der Waals surface area contributed by atoms with E-state index in [1.165, 1.54) is 22.5 Å². The summed E-state index contributed by atoms with van der Waals surface area (Å²) in [5.41, 5.74) is 0.340. The zero-order valence-electron chi connectivity index (χ0n) is 15.4. The molecule has 1 fully saturated rings. The molecule has 1 aliphatic heterocycles. The van der Waals surface area contributed by atoms with E-state index in [2.05, 4.69) is 26.6 Å². The lowest BCUT2D eigenvalue weighted by atomic mass is 10.2. The van der Waals surface area contributed by atoms with Crippen LogP contribution in [0.25, 0.3) is 0 Å². The van der Waals surface area contributed by atoms with E-state index in [-0.39, 0.29) is 22.9 Å². The number of carbonyl (C=O) groups is 2. The Morgan fingerprint density at radius 2 is 1.79 bits per heavy atom. The van der Waals surface area contributed by atoms with Crippen molar-refractivity contribution in [3.05, 3.63) is 52.5 Å². The van der Waals surface area contributed by atoms with Crippen molar-refractivity contribution < 1.29 is 23.1 Å². The highest BCUT2D eigenvalue weighted by molar-refractivity contribution is 9.10. The van der Waals surface area contributed by atoms with E-state index in [4.69, 9.17) is 0 Å². The van der Waals surface area contributed by atoms with Crippen LogP contribution in [0, 0.1) is 0 Å². The number of anilines is 1. The Balaban J connectivity index is 1.67. The molecule has 0 radical (unpaired) electrons. The summed E-state index contributed by atoms with van der Waals surface area (Å²) in [4.78, 5) is 24.4. The van der Waals surface area contributed by atoms with Crippen LogP contribution in [0.5, 0.6) is 5.75 Å². The molecule has 3 rings (SSSR count). The van der Waals surface area contributed by atoms with Crippen LogP contribution in [0.4, 0.5) is 5.69 Å². The summed E-state index contributed by atoms with van der Waals surface area (Å²) in [6.45, 7) is 0.556. The summed E-state index contributed by atoms with van der Waals surface area (Å²) in [6, 6.07) is 10.5. The second-order valence-electron chi connectivity index (χ2n) is 6.50. The first-order valence-electron chi connectivity index (χ1n) is 8.95. The maximum Gasteiger partial charge on any atom is 0.252 e. The molecule has 29 heavy (non-hydrogen) atoms. The average Bonchev–Trinajstić information content (AvgIpc) is 3.24. The number of hydrogen-bond acceptors (Lipinski definition) is 5. The van der Waals surface area contributed by atoms with E-state index in [9.17, 15) is 23.1 Å². The number of rotatable bonds is 6. The number of hydrogen-bond donors (Lipinski definition) is 3. The fraction of sp³-hybridized carbons (Fsp3) is 0.263. The third-order valence-electron chi connectivity index (χ3n) is 4.47. The molecule has 0 bridgehead atoms. The molecule has 3 N–H and O–H groups in total. The van der Waals surface area contributed by atoms with E-state index in [0.717, 1.165) is 12.8 Å². The maximum atomic E-state index is 12.7. The second-order valence-corrected chi connectivity index (χ2v) is 9.29. The van der Waals surface area contributed by atoms with Gasteiger partial charge in [0.1, 0.15) is 5.75 Å². The van der Waals surface area contributed by atoms with Gasteiger partial charge in [-0.3, -0.25) is 9.59 Å². The highest BCUT2D eigenvalue weighted by Crippen LogP contribution is 2.29. The van der Waals surface area contributed by atoms with Crippen molar-refractivity contribution in [1.29, 1.82) is 0 Å². The van der Waals surface area contributed by atoms with Crippen molar-refractivity contribution in [2.75, 3.05) is 25.0 Å². The van der Waals surface area contributed by atoms with Crippen molar-refractivity contribution in [3.63, 3.8) is 0 Å². The van der Waals surface area contributed by atoms with Gasteiger partial charge in [0.15, 0.2) is 0 Å². The fourth-order valence-electron chi connectivity index (χ4n) is 2.95. The number of carbonyl (C=O) groups excluding carboxylic acids is 2. The minimum atomic E-state index is -3.68. The molecular formula is C19H20BrN3O5S. The molecule has 0 aromatic heterocycles. The Hall–Kier alpha value is -2.43. The molecule has 1 aliphatic rings. The van der Waals surface area contributed by atoms with Gasteiger partial charge in [-0.1, -0.05) is 12.1 Å². The Morgan fingerprint density at radius 1 is 1.10 bits per heavy atom. The van der Waals surface area contributed by atoms with Crippen molar-refractivity contribution in [2.45, 2.75) is 17.7 Å². The number of amides is 2. The predicted octanol–water partition coefficient (Wildman–Crippen LogP) is 2.31. The maximum absolute atomic E-state index is 12.7. The topological polar surface area (TPSA) is 116 Å². The first kappa shape index (κ1) is 21.3. The van der Waals surface area contributed by atoms with Gasteiger partial charge in [0, 0.05) is 17.6 Å². The van der Waals surface area contributed by atoms with Gasteiger partial charge < -0.3 is 15.7 Å². The summed E-state index contributed by atoms with van der Waals surface area (Å²) < 4.78 is 27.3. The van der Waals surface area contributed by atoms with E-state index in [0.29, 0.717) is 23.1 Å². The average molecular weight is 482 g/mol. The predicted molar refractivity (Wildman–Crippen MR) is 111 cm³/mol. The van der Waals surface area contributed by atoms with E-state index in [1.54, 1.807) is 24.3 Å². The first-order chi connectivity index (χ1) is 13.8. The lowest BCUT2D eigenvalue weighted by molar-refractivity contribution is -0.115. The standard InChI is InChI=1S/C19H20BrN3O5S/c20-15-6-2-1-5-14(15)19(26)21-12-18(25)22-16-11-13(7-8-17(16)24)29(27,28)23-9-3-4-10-23/h1-2,5-8,11,24H,3-4,9-10,12H2,(H,21,26)(H,22,25). The molecule has 0 unspecified atom stereocenters. The number of benzene rings is 2. The Morgan fingerprint density at radius 3 is 2.48 bits per heavy atom. The van der Waals surface area contributed by atoms with Crippen LogP contribution >= 0.6 is 15.9 Å². The first-order valence-corrected chi connectivity index (χ1v) is 11.2. The van der Waals surface area contributed by atoms with Gasteiger partial charge in [-0.15, -0.1) is 0 Å². The smallest absolute Gasteiger partial charge is 0.252 e. The van der Waals surface area contributed by atoms with Crippen LogP contribution < -0.4 is 10.6 Å². The zero-order chi connectivity index (χ0) is 21.0. The second kappa shape index (κ2) is 8.93. The highest BCUT2D eigenvalue weighted by Gasteiger charge is 2.28. The third kappa shape index (κ3) is 4.95. The van der Waals surface area contributed by atoms with Crippen LogP contribution in [0.1, 0.15) is 23.2 Å². The third-order valence-corrected chi connectivity index (χ3v) is 7.06. The molecule has 1 saturated heterocycles. The van der Waals surface area contributed by atoms with Gasteiger partial charge in [0.2, 0.25) is 15.9 Å². The number of nitrogens with one attached hydrogen (secondary N) is 2. The SMILES string of the molecule is O=C(CNC(=O)c1ccccc1Br)Nc1cc(S(=O)(=O)N2CCCC2)ccc1O. The van der Waals surface area contributed by atoms with E-state index >= 15 is 0 Å². The normalized spacial score (nSPS) is 14.5. The van der Waals surface area contributed by atoms with Crippen molar-refractivity contribution in [3.8, 4) is 5.75 Å². The van der Waals surface area contributed by atoms with Gasteiger partial charge >= 0.3 is 0 Å². The zero-order valence-corrected chi connectivity index (χ0v) is 17.8. The lowest BCUT2D eigenvalue weighted by Gasteiger charge is -2.17. The largest absolute Gasteiger partial charge is 0.506 e. The van der Waals surface area contributed by atoms with Crippen LogP contribution in [-0.2, 0) is 14.8 Å². The molecule has 0 saturated carbocycles. The van der Waals surface area contributed by atoms with Gasteiger partial charge in [-0.2, -0.15) is 4.31 Å². The summed E-state index contributed by atoms with van der Waals surface area (Å²) in [6.07, 6.45) is 1.61.